The normalized spacial score (nSPS) is 19.9. The average Bonchev–Trinajstić information content (AvgIpc) is 3.30. The third-order valence-corrected chi connectivity index (χ3v) is 5.08. The standard InChI is InChI=1S/C21H31F2NO3/c1-3-5-6-7-8-9-10-13-21(22,23)16-15-17(18-12-11-14-27-18)24-19(16)20(25)26-4-2/h11-12,14,16,19H,3-10,13,15H2,1-2H3/t16-,19-/m0/s1. The summed E-state index contributed by atoms with van der Waals surface area (Å²) in [6.07, 6.45) is 8.16. The van der Waals surface area contributed by atoms with Crippen LogP contribution in [0, 0.1) is 5.92 Å². The van der Waals surface area contributed by atoms with Gasteiger partial charge in [0, 0.05) is 12.8 Å². The van der Waals surface area contributed by atoms with Gasteiger partial charge in [0.15, 0.2) is 6.04 Å². The predicted molar refractivity (Wildman–Crippen MR) is 101 cm³/mol. The number of carbonyl (C=O) groups is 1. The summed E-state index contributed by atoms with van der Waals surface area (Å²) in [5.41, 5.74) is 0.419. The molecule has 2 rings (SSSR count). The first-order valence-electron chi connectivity index (χ1n) is 10.1. The molecule has 0 saturated carbocycles. The van der Waals surface area contributed by atoms with Gasteiger partial charge in [-0.15, -0.1) is 0 Å². The zero-order chi connectivity index (χ0) is 19.7. The highest BCUT2D eigenvalue weighted by molar-refractivity contribution is 6.02. The van der Waals surface area contributed by atoms with Crippen molar-refractivity contribution in [3.8, 4) is 0 Å². The second kappa shape index (κ2) is 10.6. The van der Waals surface area contributed by atoms with Gasteiger partial charge in [-0.1, -0.05) is 45.4 Å². The molecule has 0 unspecified atom stereocenters. The molecular weight excluding hydrogens is 352 g/mol. The molecule has 0 amide bonds. The SMILES string of the molecule is CCCCCCCCCC(F)(F)[C@H]1CC(c2ccco2)=N[C@@H]1C(=O)OCC. The van der Waals surface area contributed by atoms with Crippen molar-refractivity contribution in [1.29, 1.82) is 0 Å². The number of hydrogen-bond acceptors (Lipinski definition) is 4. The maximum Gasteiger partial charge on any atom is 0.331 e. The molecule has 0 fully saturated rings. The molecule has 6 heteroatoms. The summed E-state index contributed by atoms with van der Waals surface area (Å²) in [5.74, 6) is -4.36. The van der Waals surface area contributed by atoms with E-state index in [0.29, 0.717) is 17.9 Å². The number of furan rings is 1. The third-order valence-electron chi connectivity index (χ3n) is 5.08. The molecule has 0 bridgehead atoms. The van der Waals surface area contributed by atoms with Crippen LogP contribution in [0.15, 0.2) is 27.8 Å². The first-order chi connectivity index (χ1) is 13.0. The highest BCUT2D eigenvalue weighted by Gasteiger charge is 2.50. The summed E-state index contributed by atoms with van der Waals surface area (Å²) >= 11 is 0. The lowest BCUT2D eigenvalue weighted by molar-refractivity contribution is -0.151. The number of unbranched alkanes of at least 4 members (excludes halogenated alkanes) is 6. The van der Waals surface area contributed by atoms with Crippen molar-refractivity contribution in [3.63, 3.8) is 0 Å². The molecule has 0 saturated heterocycles. The summed E-state index contributed by atoms with van der Waals surface area (Å²) in [6.45, 7) is 3.97. The van der Waals surface area contributed by atoms with Crippen molar-refractivity contribution in [3.05, 3.63) is 24.2 Å². The second-order valence-electron chi connectivity index (χ2n) is 7.19. The fourth-order valence-electron chi connectivity index (χ4n) is 3.57. The zero-order valence-electron chi connectivity index (χ0n) is 16.4. The summed E-state index contributed by atoms with van der Waals surface area (Å²) < 4.78 is 40.1. The van der Waals surface area contributed by atoms with Crippen molar-refractivity contribution >= 4 is 11.7 Å². The largest absolute Gasteiger partial charge is 0.464 e. The Hall–Kier alpha value is -1.72. The Morgan fingerprint density at radius 2 is 1.93 bits per heavy atom. The van der Waals surface area contributed by atoms with Gasteiger partial charge in [-0.25, -0.2) is 13.6 Å². The Kier molecular flexibility index (Phi) is 8.45. The monoisotopic (exact) mass is 383 g/mol. The van der Waals surface area contributed by atoms with E-state index in [2.05, 4.69) is 11.9 Å². The number of halogens is 2. The smallest absolute Gasteiger partial charge is 0.331 e. The minimum Gasteiger partial charge on any atom is -0.464 e. The molecule has 1 aliphatic heterocycles. The minimum absolute atomic E-state index is 0.0283. The van der Waals surface area contributed by atoms with Crippen molar-refractivity contribution in [2.75, 3.05) is 6.61 Å². The van der Waals surface area contributed by atoms with Crippen LogP contribution in [0.25, 0.3) is 0 Å². The number of ether oxygens (including phenoxy) is 1. The van der Waals surface area contributed by atoms with Gasteiger partial charge in [0.1, 0.15) is 5.76 Å². The van der Waals surface area contributed by atoms with Crippen LogP contribution in [0.2, 0.25) is 0 Å². The summed E-state index contributed by atoms with van der Waals surface area (Å²) in [5, 5.41) is 0. The molecule has 2 heterocycles. The molecule has 0 aromatic carbocycles. The van der Waals surface area contributed by atoms with E-state index < -0.39 is 23.9 Å². The quantitative estimate of drug-likeness (QED) is 0.339. The van der Waals surface area contributed by atoms with Gasteiger partial charge in [0.25, 0.3) is 5.92 Å². The van der Waals surface area contributed by atoms with Crippen LogP contribution in [0.3, 0.4) is 0 Å². The Morgan fingerprint density at radius 3 is 2.56 bits per heavy atom. The maximum absolute atomic E-state index is 14.9. The molecule has 1 aliphatic rings. The van der Waals surface area contributed by atoms with Crippen LogP contribution in [0.1, 0.15) is 77.4 Å². The van der Waals surface area contributed by atoms with Crippen LogP contribution in [0.5, 0.6) is 0 Å². The molecular formula is C21H31F2NO3. The maximum atomic E-state index is 14.9. The summed E-state index contributed by atoms with van der Waals surface area (Å²) in [6, 6.07) is 2.20. The van der Waals surface area contributed by atoms with Crippen LogP contribution in [0.4, 0.5) is 8.78 Å². The Bertz CT molecular complexity index is 599. The van der Waals surface area contributed by atoms with E-state index in [0.717, 1.165) is 19.3 Å². The van der Waals surface area contributed by atoms with Crippen LogP contribution < -0.4 is 0 Å². The van der Waals surface area contributed by atoms with E-state index >= 15 is 0 Å². The number of nitrogens with zero attached hydrogens (tertiary/aromatic N) is 1. The predicted octanol–water partition coefficient (Wildman–Crippen LogP) is 5.80. The Labute approximate surface area is 160 Å². The molecule has 27 heavy (non-hydrogen) atoms. The highest BCUT2D eigenvalue weighted by atomic mass is 19.3. The lowest BCUT2D eigenvalue weighted by Gasteiger charge is -2.26. The molecule has 1 aromatic heterocycles. The van der Waals surface area contributed by atoms with Crippen molar-refractivity contribution in [2.45, 2.75) is 83.6 Å². The van der Waals surface area contributed by atoms with E-state index in [4.69, 9.17) is 9.15 Å². The summed E-state index contributed by atoms with van der Waals surface area (Å²) in [4.78, 5) is 16.4. The average molecular weight is 383 g/mol. The molecule has 2 atom stereocenters. The first kappa shape index (κ1) is 21.6. The van der Waals surface area contributed by atoms with Crippen molar-refractivity contribution in [1.82, 2.24) is 0 Å². The third kappa shape index (κ3) is 6.15. The molecule has 152 valence electrons. The molecule has 0 radical (unpaired) electrons. The number of esters is 1. The first-order valence-corrected chi connectivity index (χ1v) is 10.1. The van der Waals surface area contributed by atoms with E-state index in [-0.39, 0.29) is 19.4 Å². The van der Waals surface area contributed by atoms with E-state index in [9.17, 15) is 13.6 Å². The number of aliphatic imine (C=N–C) groups is 1. The lowest BCUT2D eigenvalue weighted by Crippen LogP contribution is -2.39. The van der Waals surface area contributed by atoms with E-state index in [1.807, 2.05) is 0 Å². The van der Waals surface area contributed by atoms with Gasteiger partial charge in [-0.2, -0.15) is 0 Å². The zero-order valence-corrected chi connectivity index (χ0v) is 16.4. The highest BCUT2D eigenvalue weighted by Crippen LogP contribution is 2.41. The van der Waals surface area contributed by atoms with Gasteiger partial charge >= 0.3 is 5.97 Å². The van der Waals surface area contributed by atoms with Crippen LogP contribution in [-0.4, -0.2) is 30.3 Å². The fraction of sp³-hybridized carbons (Fsp3) is 0.714. The van der Waals surface area contributed by atoms with Gasteiger partial charge in [0.05, 0.1) is 24.5 Å². The van der Waals surface area contributed by atoms with Gasteiger partial charge < -0.3 is 9.15 Å². The Morgan fingerprint density at radius 1 is 1.22 bits per heavy atom. The molecule has 4 nitrogen and oxygen atoms in total. The van der Waals surface area contributed by atoms with Crippen molar-refractivity contribution < 1.29 is 22.7 Å². The van der Waals surface area contributed by atoms with Crippen LogP contribution in [-0.2, 0) is 9.53 Å². The fourth-order valence-corrected chi connectivity index (χ4v) is 3.57. The van der Waals surface area contributed by atoms with Gasteiger partial charge in [0.2, 0.25) is 0 Å². The van der Waals surface area contributed by atoms with E-state index in [1.165, 1.54) is 25.5 Å². The van der Waals surface area contributed by atoms with Crippen molar-refractivity contribution in [2.24, 2.45) is 10.9 Å². The van der Waals surface area contributed by atoms with Gasteiger partial charge in [-0.05, 0) is 25.5 Å². The molecule has 1 aromatic rings. The number of carbonyl (C=O) groups excluding carboxylic acids is 1. The minimum atomic E-state index is -2.96. The molecule has 0 aliphatic carbocycles. The lowest BCUT2D eigenvalue weighted by atomic mass is 9.87. The number of rotatable bonds is 12. The number of hydrogen-bond donors (Lipinski definition) is 0. The second-order valence-corrected chi connectivity index (χ2v) is 7.19. The van der Waals surface area contributed by atoms with Gasteiger partial charge in [-0.3, -0.25) is 4.99 Å². The van der Waals surface area contributed by atoms with Crippen LogP contribution >= 0.6 is 0 Å². The number of alkyl halides is 2. The van der Waals surface area contributed by atoms with E-state index in [1.54, 1.807) is 19.1 Å². The molecule has 0 N–H and O–H groups in total. The Balaban J connectivity index is 1.95. The topological polar surface area (TPSA) is 51.8 Å². The summed E-state index contributed by atoms with van der Waals surface area (Å²) in [7, 11) is 0. The molecule has 0 spiro atoms.